The van der Waals surface area contributed by atoms with Gasteiger partial charge >= 0.3 is 0 Å². The predicted molar refractivity (Wildman–Crippen MR) is 111 cm³/mol. The number of carbonyl (C=O) groups is 2. The molecule has 0 radical (unpaired) electrons. The number of carbonyl (C=O) groups excluding carboxylic acids is 2. The number of benzene rings is 1. The van der Waals surface area contributed by atoms with Gasteiger partial charge in [-0.25, -0.2) is 0 Å². The van der Waals surface area contributed by atoms with Gasteiger partial charge in [-0.15, -0.1) is 0 Å². The van der Waals surface area contributed by atoms with Crippen molar-refractivity contribution in [2.75, 3.05) is 13.1 Å². The Morgan fingerprint density at radius 3 is 2.50 bits per heavy atom. The molecular weight excluding hydrogens is 350 g/mol. The van der Waals surface area contributed by atoms with Crippen LogP contribution < -0.4 is 10.6 Å². The molecule has 0 bridgehead atoms. The second-order valence-corrected chi connectivity index (χ2v) is 8.00. The molecule has 2 aliphatic carbocycles. The number of amides is 2. The summed E-state index contributed by atoms with van der Waals surface area (Å²) in [6, 6.07) is 8.18. The van der Waals surface area contributed by atoms with Crippen LogP contribution in [-0.2, 0) is 16.0 Å². The maximum Gasteiger partial charge on any atom is 0.223 e. The van der Waals surface area contributed by atoms with Crippen molar-refractivity contribution in [1.29, 1.82) is 0 Å². The van der Waals surface area contributed by atoms with E-state index in [0.717, 1.165) is 18.4 Å². The fourth-order valence-corrected chi connectivity index (χ4v) is 4.17. The zero-order valence-electron chi connectivity index (χ0n) is 16.3. The number of nitrogens with one attached hydrogen (secondary N) is 3. The molecule has 1 aromatic carbocycles. The van der Waals surface area contributed by atoms with Gasteiger partial charge in [-0.1, -0.05) is 29.8 Å². The van der Waals surface area contributed by atoms with Gasteiger partial charge in [-0.2, -0.15) is 0 Å². The van der Waals surface area contributed by atoms with Gasteiger partial charge in [-0.05, 0) is 56.6 Å². The Morgan fingerprint density at radius 1 is 1.00 bits per heavy atom. The third kappa shape index (κ3) is 4.46. The zero-order chi connectivity index (χ0) is 19.3. The van der Waals surface area contributed by atoms with Gasteiger partial charge in [0, 0.05) is 30.2 Å². The summed E-state index contributed by atoms with van der Waals surface area (Å²) in [6.45, 7) is 1.29. The molecule has 2 unspecified atom stereocenters. The predicted octanol–water partition coefficient (Wildman–Crippen LogP) is 3.47. The van der Waals surface area contributed by atoms with Gasteiger partial charge in [0.25, 0.3) is 0 Å². The van der Waals surface area contributed by atoms with Crippen molar-refractivity contribution < 1.29 is 9.59 Å². The molecule has 0 spiro atoms. The van der Waals surface area contributed by atoms with E-state index in [9.17, 15) is 9.59 Å². The highest BCUT2D eigenvalue weighted by Crippen LogP contribution is 2.38. The normalized spacial score (nSPS) is 21.2. The first-order chi connectivity index (χ1) is 13.7. The Bertz CT molecular complexity index is 883. The number of hydrogen-bond donors (Lipinski definition) is 3. The van der Waals surface area contributed by atoms with E-state index < -0.39 is 0 Å². The molecule has 1 heterocycles. The minimum absolute atomic E-state index is 0.00924. The van der Waals surface area contributed by atoms with Crippen LogP contribution in [0.5, 0.6) is 0 Å². The molecule has 1 fully saturated rings. The molecule has 4 rings (SSSR count). The minimum Gasteiger partial charge on any atom is -0.361 e. The van der Waals surface area contributed by atoms with Crippen LogP contribution in [0.3, 0.4) is 0 Å². The summed E-state index contributed by atoms with van der Waals surface area (Å²) in [6.07, 6.45) is 11.6. The molecule has 1 aromatic heterocycles. The van der Waals surface area contributed by atoms with Crippen LogP contribution in [0, 0.1) is 11.8 Å². The largest absolute Gasteiger partial charge is 0.361 e. The summed E-state index contributed by atoms with van der Waals surface area (Å²) in [5.41, 5.74) is 3.79. The summed E-state index contributed by atoms with van der Waals surface area (Å²) < 4.78 is 0. The lowest BCUT2D eigenvalue weighted by atomic mass is 9.97. The topological polar surface area (TPSA) is 74.0 Å². The van der Waals surface area contributed by atoms with E-state index in [-0.39, 0.29) is 23.7 Å². The lowest BCUT2D eigenvalue weighted by Gasteiger charge is -2.13. The van der Waals surface area contributed by atoms with Gasteiger partial charge in [0.05, 0.1) is 11.8 Å². The van der Waals surface area contributed by atoms with E-state index >= 15 is 0 Å². The highest BCUT2D eigenvalue weighted by atomic mass is 16.2. The number of fused-ring (bicyclic) bond motifs is 1. The Hall–Kier alpha value is -2.56. The molecule has 148 valence electrons. The van der Waals surface area contributed by atoms with E-state index in [1.807, 2.05) is 18.3 Å². The highest BCUT2D eigenvalue weighted by Gasteiger charge is 2.47. The molecule has 0 saturated heterocycles. The Kier molecular flexibility index (Phi) is 5.79. The number of allylic oxidation sites excluding steroid dienone is 1. The maximum absolute atomic E-state index is 12.3. The lowest BCUT2D eigenvalue weighted by Crippen LogP contribution is -2.31. The number of para-hydroxylation sites is 1. The summed E-state index contributed by atoms with van der Waals surface area (Å²) in [5.74, 6) is -0.256. The van der Waals surface area contributed by atoms with Crippen LogP contribution in [-0.4, -0.2) is 29.9 Å². The molecular formula is C23H29N3O2. The van der Waals surface area contributed by atoms with Crippen molar-refractivity contribution in [3.63, 3.8) is 0 Å². The van der Waals surface area contributed by atoms with E-state index in [1.54, 1.807) is 0 Å². The molecule has 1 saturated carbocycles. The molecule has 2 aromatic rings. The smallest absolute Gasteiger partial charge is 0.223 e. The van der Waals surface area contributed by atoms with Crippen molar-refractivity contribution >= 4 is 22.7 Å². The van der Waals surface area contributed by atoms with Gasteiger partial charge in [0.2, 0.25) is 11.8 Å². The van der Waals surface area contributed by atoms with Crippen molar-refractivity contribution in [2.45, 2.75) is 44.9 Å². The van der Waals surface area contributed by atoms with Crippen LogP contribution in [0.1, 0.15) is 44.1 Å². The fourth-order valence-electron chi connectivity index (χ4n) is 4.17. The molecule has 28 heavy (non-hydrogen) atoms. The van der Waals surface area contributed by atoms with Crippen LogP contribution in [0.2, 0.25) is 0 Å². The first-order valence-corrected chi connectivity index (χ1v) is 10.5. The number of aromatic nitrogens is 1. The van der Waals surface area contributed by atoms with E-state index in [1.165, 1.54) is 42.2 Å². The van der Waals surface area contributed by atoms with Crippen molar-refractivity contribution in [2.24, 2.45) is 11.8 Å². The number of rotatable bonds is 8. The molecule has 3 N–H and O–H groups in total. The molecule has 2 aliphatic rings. The standard InChI is InChI=1S/C23H29N3O2/c27-22(24-12-10-16-6-2-1-3-7-16)19-14-20(19)23(28)25-13-11-17-15-26-21-9-5-4-8-18(17)21/h4-6,8-9,15,19-20,26H,1-3,7,10-14H2,(H,24,27)(H,25,28). The number of aromatic amines is 1. The summed E-state index contributed by atoms with van der Waals surface area (Å²) in [7, 11) is 0. The molecule has 2 atom stereocenters. The second kappa shape index (κ2) is 8.63. The van der Waals surface area contributed by atoms with Crippen LogP contribution in [0.25, 0.3) is 10.9 Å². The van der Waals surface area contributed by atoms with Gasteiger partial charge in [-0.3, -0.25) is 9.59 Å². The highest BCUT2D eigenvalue weighted by molar-refractivity contribution is 5.92. The van der Waals surface area contributed by atoms with Gasteiger partial charge in [0.15, 0.2) is 0 Å². The van der Waals surface area contributed by atoms with E-state index in [0.29, 0.717) is 19.5 Å². The SMILES string of the molecule is O=C(NCCC1=CCCCC1)C1CC1C(=O)NCCc1c[nH]c2ccccc12. The lowest BCUT2D eigenvalue weighted by molar-refractivity contribution is -0.127. The van der Waals surface area contributed by atoms with Crippen LogP contribution >= 0.6 is 0 Å². The summed E-state index contributed by atoms with van der Waals surface area (Å²) in [5, 5.41) is 7.21. The number of H-pyrrole nitrogens is 1. The number of hydrogen-bond acceptors (Lipinski definition) is 2. The quantitative estimate of drug-likeness (QED) is 0.615. The fraction of sp³-hybridized carbons (Fsp3) is 0.478. The molecule has 0 aliphatic heterocycles. The van der Waals surface area contributed by atoms with E-state index in [2.05, 4.69) is 33.8 Å². The van der Waals surface area contributed by atoms with Gasteiger partial charge in [0.1, 0.15) is 0 Å². The summed E-state index contributed by atoms with van der Waals surface area (Å²) in [4.78, 5) is 27.8. The molecule has 5 heteroatoms. The average molecular weight is 380 g/mol. The Morgan fingerprint density at radius 2 is 1.75 bits per heavy atom. The van der Waals surface area contributed by atoms with Crippen LogP contribution in [0.15, 0.2) is 42.1 Å². The first kappa shape index (κ1) is 18.8. The third-order valence-corrected chi connectivity index (χ3v) is 5.96. The molecule has 5 nitrogen and oxygen atoms in total. The van der Waals surface area contributed by atoms with Crippen molar-refractivity contribution in [3.8, 4) is 0 Å². The monoisotopic (exact) mass is 379 g/mol. The Labute approximate surface area is 166 Å². The van der Waals surface area contributed by atoms with Gasteiger partial charge < -0.3 is 15.6 Å². The minimum atomic E-state index is -0.156. The van der Waals surface area contributed by atoms with Crippen LogP contribution in [0.4, 0.5) is 0 Å². The molecule has 2 amide bonds. The zero-order valence-corrected chi connectivity index (χ0v) is 16.3. The first-order valence-electron chi connectivity index (χ1n) is 10.5. The average Bonchev–Trinajstić information content (AvgIpc) is 3.43. The third-order valence-electron chi connectivity index (χ3n) is 5.96. The van der Waals surface area contributed by atoms with E-state index in [4.69, 9.17) is 0 Å². The summed E-state index contributed by atoms with van der Waals surface area (Å²) >= 11 is 0. The second-order valence-electron chi connectivity index (χ2n) is 8.00. The van der Waals surface area contributed by atoms with Crippen molar-refractivity contribution in [1.82, 2.24) is 15.6 Å². The van der Waals surface area contributed by atoms with Crippen molar-refractivity contribution in [3.05, 3.63) is 47.7 Å². The Balaban J connectivity index is 1.16. The maximum atomic E-state index is 12.3.